The number of nitrogens with one attached hydrogen (secondary N) is 1. The van der Waals surface area contributed by atoms with Gasteiger partial charge in [0.1, 0.15) is 5.75 Å². The van der Waals surface area contributed by atoms with E-state index < -0.39 is 0 Å². The predicted molar refractivity (Wildman–Crippen MR) is 70.8 cm³/mol. The fourth-order valence-electron chi connectivity index (χ4n) is 1.62. The standard InChI is InChI=1S/C14H21NO3/c1-17-10-4-9-15-14(16)8-7-12-5-3-6-13(11-12)18-2/h3,5-6,11H,4,7-10H2,1-2H3,(H,15,16). The molecular weight excluding hydrogens is 230 g/mol. The second-order valence-electron chi connectivity index (χ2n) is 4.05. The number of amides is 1. The Balaban J connectivity index is 2.24. The summed E-state index contributed by atoms with van der Waals surface area (Å²) < 4.78 is 10.1. The second kappa shape index (κ2) is 8.53. The van der Waals surface area contributed by atoms with Crippen LogP contribution in [0.1, 0.15) is 18.4 Å². The molecule has 1 aromatic carbocycles. The van der Waals surface area contributed by atoms with Crippen LogP contribution in [0.4, 0.5) is 0 Å². The number of aryl methyl sites for hydroxylation is 1. The van der Waals surface area contributed by atoms with E-state index >= 15 is 0 Å². The van der Waals surface area contributed by atoms with Crippen molar-refractivity contribution in [3.8, 4) is 5.75 Å². The highest BCUT2D eigenvalue weighted by Gasteiger charge is 2.02. The van der Waals surface area contributed by atoms with E-state index in [1.54, 1.807) is 14.2 Å². The first-order valence-electron chi connectivity index (χ1n) is 6.15. The van der Waals surface area contributed by atoms with E-state index in [1.165, 1.54) is 0 Å². The third kappa shape index (κ3) is 5.68. The van der Waals surface area contributed by atoms with Crippen molar-refractivity contribution in [1.82, 2.24) is 5.32 Å². The van der Waals surface area contributed by atoms with Gasteiger partial charge in [-0.05, 0) is 30.5 Å². The molecule has 1 aromatic rings. The number of rotatable bonds is 8. The van der Waals surface area contributed by atoms with Gasteiger partial charge in [-0.2, -0.15) is 0 Å². The van der Waals surface area contributed by atoms with Crippen molar-refractivity contribution in [3.05, 3.63) is 29.8 Å². The fourth-order valence-corrected chi connectivity index (χ4v) is 1.62. The van der Waals surface area contributed by atoms with Gasteiger partial charge >= 0.3 is 0 Å². The van der Waals surface area contributed by atoms with Crippen LogP contribution in [-0.2, 0) is 16.0 Å². The maximum Gasteiger partial charge on any atom is 0.220 e. The summed E-state index contributed by atoms with van der Waals surface area (Å²) in [6.07, 6.45) is 2.08. The first kappa shape index (κ1) is 14.5. The largest absolute Gasteiger partial charge is 0.497 e. The quantitative estimate of drug-likeness (QED) is 0.716. The Morgan fingerprint density at radius 3 is 2.89 bits per heavy atom. The lowest BCUT2D eigenvalue weighted by molar-refractivity contribution is -0.121. The molecule has 0 unspecified atom stereocenters. The number of hydrogen-bond donors (Lipinski definition) is 1. The minimum Gasteiger partial charge on any atom is -0.497 e. The van der Waals surface area contributed by atoms with Crippen LogP contribution < -0.4 is 10.1 Å². The Morgan fingerprint density at radius 1 is 1.33 bits per heavy atom. The molecule has 100 valence electrons. The minimum absolute atomic E-state index is 0.0777. The summed E-state index contributed by atoms with van der Waals surface area (Å²) in [5, 5.41) is 2.87. The van der Waals surface area contributed by atoms with E-state index in [1.807, 2.05) is 24.3 Å². The van der Waals surface area contributed by atoms with Crippen LogP contribution >= 0.6 is 0 Å². The molecule has 0 radical (unpaired) electrons. The van der Waals surface area contributed by atoms with Gasteiger partial charge < -0.3 is 14.8 Å². The number of carbonyl (C=O) groups is 1. The molecule has 0 spiro atoms. The normalized spacial score (nSPS) is 10.1. The molecule has 4 heteroatoms. The van der Waals surface area contributed by atoms with Gasteiger partial charge in [-0.25, -0.2) is 0 Å². The molecule has 0 aromatic heterocycles. The van der Waals surface area contributed by atoms with Crippen molar-refractivity contribution < 1.29 is 14.3 Å². The van der Waals surface area contributed by atoms with Crippen LogP contribution in [0.3, 0.4) is 0 Å². The third-order valence-electron chi connectivity index (χ3n) is 2.62. The molecule has 18 heavy (non-hydrogen) atoms. The minimum atomic E-state index is 0.0777. The van der Waals surface area contributed by atoms with Crippen LogP contribution in [0.25, 0.3) is 0 Å². The number of methoxy groups -OCH3 is 2. The Morgan fingerprint density at radius 2 is 2.17 bits per heavy atom. The summed E-state index contributed by atoms with van der Waals surface area (Å²) in [5.74, 6) is 0.905. The summed E-state index contributed by atoms with van der Waals surface area (Å²) >= 11 is 0. The van der Waals surface area contributed by atoms with Crippen LogP contribution in [0.15, 0.2) is 24.3 Å². The number of benzene rings is 1. The van der Waals surface area contributed by atoms with Gasteiger partial charge in [-0.3, -0.25) is 4.79 Å². The van der Waals surface area contributed by atoms with E-state index in [0.717, 1.165) is 24.2 Å². The highest BCUT2D eigenvalue weighted by molar-refractivity contribution is 5.76. The SMILES string of the molecule is COCCCNC(=O)CCc1cccc(OC)c1. The van der Waals surface area contributed by atoms with Crippen LogP contribution in [0.5, 0.6) is 5.75 Å². The second-order valence-corrected chi connectivity index (χ2v) is 4.05. The van der Waals surface area contributed by atoms with Crippen LogP contribution in [0.2, 0.25) is 0 Å². The van der Waals surface area contributed by atoms with Crippen molar-refractivity contribution in [2.45, 2.75) is 19.3 Å². The molecule has 0 atom stereocenters. The average Bonchev–Trinajstić information content (AvgIpc) is 2.41. The van der Waals surface area contributed by atoms with E-state index in [2.05, 4.69) is 5.32 Å². The number of hydrogen-bond acceptors (Lipinski definition) is 3. The molecule has 1 rings (SSSR count). The Bertz CT molecular complexity index is 366. The summed E-state index contributed by atoms with van der Waals surface area (Å²) in [4.78, 5) is 11.6. The Hall–Kier alpha value is -1.55. The van der Waals surface area contributed by atoms with Crippen molar-refractivity contribution in [1.29, 1.82) is 0 Å². The molecule has 0 fully saturated rings. The first-order valence-corrected chi connectivity index (χ1v) is 6.15. The maximum atomic E-state index is 11.6. The van der Waals surface area contributed by atoms with Crippen molar-refractivity contribution in [2.24, 2.45) is 0 Å². The smallest absolute Gasteiger partial charge is 0.220 e. The zero-order chi connectivity index (χ0) is 13.2. The summed E-state index contributed by atoms with van der Waals surface area (Å²) in [6.45, 7) is 1.35. The van der Waals surface area contributed by atoms with Crippen molar-refractivity contribution in [3.63, 3.8) is 0 Å². The van der Waals surface area contributed by atoms with Crippen molar-refractivity contribution >= 4 is 5.91 Å². The molecule has 0 saturated carbocycles. The third-order valence-corrected chi connectivity index (χ3v) is 2.62. The Kier molecular flexibility index (Phi) is 6.87. The van der Waals surface area contributed by atoms with Crippen LogP contribution in [-0.4, -0.2) is 33.3 Å². The van der Waals surface area contributed by atoms with Gasteiger partial charge in [0, 0.05) is 26.7 Å². The topological polar surface area (TPSA) is 47.6 Å². The monoisotopic (exact) mass is 251 g/mol. The van der Waals surface area contributed by atoms with Crippen molar-refractivity contribution in [2.75, 3.05) is 27.4 Å². The summed E-state index contributed by atoms with van der Waals surface area (Å²) in [6, 6.07) is 7.79. The lowest BCUT2D eigenvalue weighted by Gasteiger charge is -2.06. The van der Waals surface area contributed by atoms with Crippen LogP contribution in [0, 0.1) is 0 Å². The first-order chi connectivity index (χ1) is 8.76. The molecular formula is C14H21NO3. The molecule has 4 nitrogen and oxygen atoms in total. The molecule has 0 aliphatic rings. The van der Waals surface area contributed by atoms with Gasteiger partial charge in [-0.15, -0.1) is 0 Å². The zero-order valence-corrected chi connectivity index (χ0v) is 11.1. The van der Waals surface area contributed by atoms with Gasteiger partial charge in [0.15, 0.2) is 0 Å². The molecule has 1 amide bonds. The lowest BCUT2D eigenvalue weighted by Crippen LogP contribution is -2.25. The average molecular weight is 251 g/mol. The maximum absolute atomic E-state index is 11.6. The van der Waals surface area contributed by atoms with Gasteiger partial charge in [0.05, 0.1) is 7.11 Å². The molecule has 0 aliphatic carbocycles. The fraction of sp³-hybridized carbons (Fsp3) is 0.500. The van der Waals surface area contributed by atoms with E-state index in [0.29, 0.717) is 19.6 Å². The lowest BCUT2D eigenvalue weighted by atomic mass is 10.1. The number of ether oxygens (including phenoxy) is 2. The zero-order valence-electron chi connectivity index (χ0n) is 11.1. The van der Waals surface area contributed by atoms with E-state index in [9.17, 15) is 4.79 Å². The Labute approximate surface area is 108 Å². The number of carbonyl (C=O) groups excluding carboxylic acids is 1. The van der Waals surface area contributed by atoms with E-state index in [-0.39, 0.29) is 5.91 Å². The predicted octanol–water partition coefficient (Wildman–Crippen LogP) is 1.78. The molecule has 0 bridgehead atoms. The summed E-state index contributed by atoms with van der Waals surface area (Å²) in [5.41, 5.74) is 1.11. The highest BCUT2D eigenvalue weighted by atomic mass is 16.5. The molecule has 0 heterocycles. The van der Waals surface area contributed by atoms with Gasteiger partial charge in [0.25, 0.3) is 0 Å². The van der Waals surface area contributed by atoms with Gasteiger partial charge in [-0.1, -0.05) is 12.1 Å². The molecule has 0 aliphatic heterocycles. The van der Waals surface area contributed by atoms with Gasteiger partial charge in [0.2, 0.25) is 5.91 Å². The summed E-state index contributed by atoms with van der Waals surface area (Å²) in [7, 11) is 3.30. The van der Waals surface area contributed by atoms with E-state index in [4.69, 9.17) is 9.47 Å². The highest BCUT2D eigenvalue weighted by Crippen LogP contribution is 2.13. The molecule has 1 N–H and O–H groups in total. The molecule has 0 saturated heterocycles.